The lowest BCUT2D eigenvalue weighted by atomic mass is 10.1. The Labute approximate surface area is 126 Å². The first-order valence-electron chi connectivity index (χ1n) is 7.17. The van der Waals surface area contributed by atoms with Crippen LogP contribution in [0.4, 0.5) is 5.69 Å². The quantitative estimate of drug-likeness (QED) is 0.810. The van der Waals surface area contributed by atoms with Gasteiger partial charge in [0.25, 0.3) is 0 Å². The predicted molar refractivity (Wildman–Crippen MR) is 83.2 cm³/mol. The molecule has 116 valence electrons. The number of carbonyl (C=O) groups excluding carboxylic acids is 1. The highest BCUT2D eigenvalue weighted by Crippen LogP contribution is 2.13. The van der Waals surface area contributed by atoms with Crippen molar-refractivity contribution in [1.29, 1.82) is 0 Å². The Morgan fingerprint density at radius 3 is 2.19 bits per heavy atom. The van der Waals surface area contributed by atoms with Crippen molar-refractivity contribution in [2.75, 3.05) is 11.9 Å². The second-order valence-electron chi connectivity index (χ2n) is 5.56. The van der Waals surface area contributed by atoms with Gasteiger partial charge in [0.15, 0.2) is 0 Å². The average Bonchev–Trinajstić information content (AvgIpc) is 2.44. The highest BCUT2D eigenvalue weighted by Gasteiger charge is 2.27. The van der Waals surface area contributed by atoms with E-state index < -0.39 is 17.9 Å². The SMILES string of the molecule is CC(CN(C(C)C)C(C)C(=O)Nc1ccccc1)C(=O)O. The third kappa shape index (κ3) is 5.19. The number of carboxylic acids is 1. The zero-order valence-corrected chi connectivity index (χ0v) is 13.0. The summed E-state index contributed by atoms with van der Waals surface area (Å²) in [6.45, 7) is 7.71. The van der Waals surface area contributed by atoms with Crippen LogP contribution in [0.15, 0.2) is 30.3 Å². The van der Waals surface area contributed by atoms with E-state index in [4.69, 9.17) is 5.11 Å². The largest absolute Gasteiger partial charge is 0.481 e. The molecule has 1 aromatic carbocycles. The molecule has 21 heavy (non-hydrogen) atoms. The number of hydrogen-bond donors (Lipinski definition) is 2. The van der Waals surface area contributed by atoms with E-state index in [1.807, 2.05) is 49.1 Å². The lowest BCUT2D eigenvalue weighted by Gasteiger charge is -2.33. The molecule has 0 bridgehead atoms. The van der Waals surface area contributed by atoms with Crippen LogP contribution in [0.2, 0.25) is 0 Å². The Morgan fingerprint density at radius 2 is 1.71 bits per heavy atom. The Bertz CT molecular complexity index is 474. The number of aliphatic carboxylic acids is 1. The number of anilines is 1. The van der Waals surface area contributed by atoms with E-state index in [0.717, 1.165) is 5.69 Å². The highest BCUT2D eigenvalue weighted by atomic mass is 16.4. The first-order valence-corrected chi connectivity index (χ1v) is 7.17. The fourth-order valence-electron chi connectivity index (χ4n) is 2.13. The first kappa shape index (κ1) is 17.2. The van der Waals surface area contributed by atoms with Gasteiger partial charge in [0.2, 0.25) is 5.91 Å². The number of amides is 1. The van der Waals surface area contributed by atoms with Crippen LogP contribution in [0.25, 0.3) is 0 Å². The van der Waals surface area contributed by atoms with Crippen molar-refractivity contribution in [2.45, 2.75) is 39.8 Å². The van der Waals surface area contributed by atoms with E-state index in [-0.39, 0.29) is 11.9 Å². The summed E-state index contributed by atoms with van der Waals surface area (Å²) in [6, 6.07) is 8.93. The van der Waals surface area contributed by atoms with E-state index in [2.05, 4.69) is 5.32 Å². The van der Waals surface area contributed by atoms with Gasteiger partial charge in [0.05, 0.1) is 12.0 Å². The molecule has 1 aromatic rings. The van der Waals surface area contributed by atoms with Crippen molar-refractivity contribution in [3.8, 4) is 0 Å². The third-order valence-electron chi connectivity index (χ3n) is 3.49. The Kier molecular flexibility index (Phi) is 6.37. The van der Waals surface area contributed by atoms with Crippen LogP contribution < -0.4 is 5.32 Å². The van der Waals surface area contributed by atoms with Gasteiger partial charge >= 0.3 is 5.97 Å². The number of nitrogens with zero attached hydrogens (tertiary/aromatic N) is 1. The second kappa shape index (κ2) is 7.78. The van der Waals surface area contributed by atoms with Crippen molar-refractivity contribution in [3.63, 3.8) is 0 Å². The van der Waals surface area contributed by atoms with Crippen LogP contribution in [-0.2, 0) is 9.59 Å². The summed E-state index contributed by atoms with van der Waals surface area (Å²) in [6.07, 6.45) is 0. The molecule has 5 nitrogen and oxygen atoms in total. The highest BCUT2D eigenvalue weighted by molar-refractivity contribution is 5.94. The zero-order chi connectivity index (χ0) is 16.0. The van der Waals surface area contributed by atoms with Gasteiger partial charge < -0.3 is 10.4 Å². The summed E-state index contributed by atoms with van der Waals surface area (Å²) in [5.41, 5.74) is 0.740. The number of rotatable bonds is 7. The molecule has 2 N–H and O–H groups in total. The summed E-state index contributed by atoms with van der Waals surface area (Å²) in [4.78, 5) is 25.2. The Balaban J connectivity index is 2.73. The van der Waals surface area contributed by atoms with Gasteiger partial charge in [-0.15, -0.1) is 0 Å². The minimum atomic E-state index is -0.851. The topological polar surface area (TPSA) is 69.6 Å². The minimum absolute atomic E-state index is 0.0864. The van der Waals surface area contributed by atoms with E-state index in [1.54, 1.807) is 13.8 Å². The molecule has 1 amide bonds. The maximum Gasteiger partial charge on any atom is 0.307 e. The molecule has 0 fully saturated rings. The third-order valence-corrected chi connectivity index (χ3v) is 3.49. The summed E-state index contributed by atoms with van der Waals surface area (Å²) in [5, 5.41) is 11.9. The summed E-state index contributed by atoms with van der Waals surface area (Å²) in [5.74, 6) is -1.50. The van der Waals surface area contributed by atoms with Gasteiger partial charge in [0, 0.05) is 18.3 Å². The van der Waals surface area contributed by atoms with Gasteiger partial charge in [0.1, 0.15) is 0 Å². The van der Waals surface area contributed by atoms with E-state index in [1.165, 1.54) is 0 Å². The number of carboxylic acid groups (broad SMARTS) is 1. The van der Waals surface area contributed by atoms with Crippen molar-refractivity contribution >= 4 is 17.6 Å². The van der Waals surface area contributed by atoms with Crippen LogP contribution in [0.5, 0.6) is 0 Å². The van der Waals surface area contributed by atoms with Gasteiger partial charge in [-0.1, -0.05) is 25.1 Å². The van der Waals surface area contributed by atoms with Crippen LogP contribution in [0, 0.1) is 5.92 Å². The number of para-hydroxylation sites is 1. The number of benzene rings is 1. The molecule has 1 rings (SSSR count). The average molecular weight is 292 g/mol. The maximum absolute atomic E-state index is 12.3. The second-order valence-corrected chi connectivity index (χ2v) is 5.56. The van der Waals surface area contributed by atoms with Gasteiger partial charge in [-0.05, 0) is 32.9 Å². The molecule has 2 atom stereocenters. The molecule has 0 saturated heterocycles. The molecule has 0 aliphatic rings. The molecular formula is C16H24N2O3. The monoisotopic (exact) mass is 292 g/mol. The van der Waals surface area contributed by atoms with Crippen molar-refractivity contribution in [1.82, 2.24) is 4.90 Å². The summed E-state index contributed by atoms with van der Waals surface area (Å²) in [7, 11) is 0. The van der Waals surface area contributed by atoms with Crippen molar-refractivity contribution in [3.05, 3.63) is 30.3 Å². The molecule has 0 spiro atoms. The van der Waals surface area contributed by atoms with Crippen molar-refractivity contribution < 1.29 is 14.7 Å². The standard InChI is InChI=1S/C16H24N2O3/c1-11(2)18(10-12(3)16(20)21)13(4)15(19)17-14-8-6-5-7-9-14/h5-9,11-13H,10H2,1-4H3,(H,17,19)(H,20,21). The lowest BCUT2D eigenvalue weighted by Crippen LogP contribution is -2.48. The fourth-order valence-corrected chi connectivity index (χ4v) is 2.13. The lowest BCUT2D eigenvalue weighted by molar-refractivity contribution is -0.142. The van der Waals surface area contributed by atoms with E-state index in [9.17, 15) is 9.59 Å². The number of carbonyl (C=O) groups is 2. The molecule has 0 aliphatic heterocycles. The Morgan fingerprint density at radius 1 is 1.14 bits per heavy atom. The van der Waals surface area contributed by atoms with E-state index >= 15 is 0 Å². The van der Waals surface area contributed by atoms with E-state index in [0.29, 0.717) is 6.54 Å². The maximum atomic E-state index is 12.3. The van der Waals surface area contributed by atoms with Crippen LogP contribution in [-0.4, -0.2) is 40.5 Å². The van der Waals surface area contributed by atoms with Crippen LogP contribution >= 0.6 is 0 Å². The minimum Gasteiger partial charge on any atom is -0.481 e. The molecule has 2 unspecified atom stereocenters. The van der Waals surface area contributed by atoms with Gasteiger partial charge in [-0.25, -0.2) is 0 Å². The molecule has 0 aromatic heterocycles. The number of nitrogens with one attached hydrogen (secondary N) is 1. The summed E-state index contributed by atoms with van der Waals surface area (Å²) < 4.78 is 0. The molecule has 0 aliphatic carbocycles. The molecule has 0 heterocycles. The Hall–Kier alpha value is -1.88. The molecule has 0 saturated carbocycles. The molecule has 0 radical (unpaired) electrons. The van der Waals surface area contributed by atoms with Gasteiger partial charge in [-0.2, -0.15) is 0 Å². The van der Waals surface area contributed by atoms with Gasteiger partial charge in [-0.3, -0.25) is 14.5 Å². The van der Waals surface area contributed by atoms with Crippen LogP contribution in [0.1, 0.15) is 27.7 Å². The number of hydrogen-bond acceptors (Lipinski definition) is 3. The van der Waals surface area contributed by atoms with Crippen LogP contribution in [0.3, 0.4) is 0 Å². The predicted octanol–water partition coefficient (Wildman–Crippen LogP) is 2.44. The zero-order valence-electron chi connectivity index (χ0n) is 13.0. The fraction of sp³-hybridized carbons (Fsp3) is 0.500. The summed E-state index contributed by atoms with van der Waals surface area (Å²) >= 11 is 0. The first-order chi connectivity index (χ1) is 9.82. The normalized spacial score (nSPS) is 14.0. The van der Waals surface area contributed by atoms with Crippen molar-refractivity contribution in [2.24, 2.45) is 5.92 Å². The molecular weight excluding hydrogens is 268 g/mol. The smallest absolute Gasteiger partial charge is 0.307 e. The molecule has 5 heteroatoms.